The first-order valence-electron chi connectivity index (χ1n) is 3.12. The van der Waals surface area contributed by atoms with E-state index < -0.39 is 0 Å². The Bertz CT molecular complexity index is 224. The molecule has 1 heterocycles. The highest BCUT2D eigenvalue weighted by atomic mass is 16.2. The van der Waals surface area contributed by atoms with Crippen LogP contribution in [-0.4, -0.2) is 11.8 Å². The quantitative estimate of drug-likeness (QED) is 0.389. The van der Waals surface area contributed by atoms with Gasteiger partial charge in [-0.3, -0.25) is 14.9 Å². The molecule has 1 saturated heterocycles. The van der Waals surface area contributed by atoms with Gasteiger partial charge in [0.25, 0.3) is 5.91 Å². The predicted octanol–water partition coefficient (Wildman–Crippen LogP) is 0.369. The van der Waals surface area contributed by atoms with Gasteiger partial charge in [-0.25, -0.2) is 0 Å². The smallest absolute Gasteiger partial charge is 0.254 e. The van der Waals surface area contributed by atoms with E-state index in [-0.39, 0.29) is 18.2 Å². The van der Waals surface area contributed by atoms with Gasteiger partial charge in [-0.2, -0.15) is 0 Å². The minimum atomic E-state index is -0.231. The number of carbonyl (C=O) groups excluding carboxylic acids is 2. The molecule has 0 aromatic rings. The van der Waals surface area contributed by atoms with Gasteiger partial charge in [0.15, 0.2) is 0 Å². The van der Waals surface area contributed by atoms with Crippen LogP contribution in [0.2, 0.25) is 0 Å². The van der Waals surface area contributed by atoms with Crippen molar-refractivity contribution in [3.05, 3.63) is 11.1 Å². The summed E-state index contributed by atoms with van der Waals surface area (Å²) >= 11 is 0. The molecule has 0 atom stereocenters. The highest BCUT2D eigenvalue weighted by molar-refractivity contribution is 6.13. The van der Waals surface area contributed by atoms with Gasteiger partial charge >= 0.3 is 0 Å². The fraction of sp³-hybridized carbons (Fsp3) is 0.429. The molecule has 3 nitrogen and oxygen atoms in total. The average molecular weight is 139 g/mol. The van der Waals surface area contributed by atoms with Gasteiger partial charge in [-0.1, -0.05) is 5.57 Å². The summed E-state index contributed by atoms with van der Waals surface area (Å²) in [5.74, 6) is -0.425. The predicted molar refractivity (Wildman–Crippen MR) is 36.1 cm³/mol. The number of amides is 2. The van der Waals surface area contributed by atoms with Crippen LogP contribution < -0.4 is 5.32 Å². The second-order valence-electron chi connectivity index (χ2n) is 2.53. The number of carbonyl (C=O) groups is 2. The van der Waals surface area contributed by atoms with Gasteiger partial charge in [0.1, 0.15) is 0 Å². The molecule has 3 heteroatoms. The number of hydrogen-bond donors (Lipinski definition) is 1. The van der Waals surface area contributed by atoms with Crippen LogP contribution in [0.4, 0.5) is 0 Å². The maximum atomic E-state index is 10.8. The molecule has 1 aliphatic heterocycles. The summed E-state index contributed by atoms with van der Waals surface area (Å²) in [4.78, 5) is 21.4. The van der Waals surface area contributed by atoms with Gasteiger partial charge in [0.05, 0.1) is 6.42 Å². The summed E-state index contributed by atoms with van der Waals surface area (Å²) in [6.07, 6.45) is 0.251. The molecule has 2 amide bonds. The first-order valence-corrected chi connectivity index (χ1v) is 3.12. The molecule has 0 saturated carbocycles. The fourth-order valence-corrected chi connectivity index (χ4v) is 0.891. The molecule has 54 valence electrons. The van der Waals surface area contributed by atoms with Crippen LogP contribution in [0.3, 0.4) is 0 Å². The molecule has 0 aromatic heterocycles. The summed E-state index contributed by atoms with van der Waals surface area (Å²) in [6.45, 7) is 3.65. The molecule has 0 aromatic carbocycles. The molecule has 0 aliphatic carbocycles. The lowest BCUT2D eigenvalue weighted by Gasteiger charge is -1.92. The molecule has 1 rings (SSSR count). The normalized spacial score (nSPS) is 17.6. The molecule has 0 radical (unpaired) electrons. The average Bonchev–Trinajstić information content (AvgIpc) is 2.10. The van der Waals surface area contributed by atoms with Crippen molar-refractivity contribution in [2.75, 3.05) is 0 Å². The first-order chi connectivity index (χ1) is 4.61. The van der Waals surface area contributed by atoms with E-state index in [0.29, 0.717) is 5.57 Å². The zero-order valence-corrected chi connectivity index (χ0v) is 6.02. The van der Waals surface area contributed by atoms with Gasteiger partial charge < -0.3 is 0 Å². The Balaban J connectivity index is 2.93. The highest BCUT2D eigenvalue weighted by Gasteiger charge is 2.24. The van der Waals surface area contributed by atoms with E-state index in [9.17, 15) is 9.59 Å². The largest absolute Gasteiger partial charge is 0.292 e. The van der Waals surface area contributed by atoms with Crippen LogP contribution in [0, 0.1) is 0 Å². The summed E-state index contributed by atoms with van der Waals surface area (Å²) in [5.41, 5.74) is 1.54. The summed E-state index contributed by atoms with van der Waals surface area (Å²) in [7, 11) is 0. The summed E-state index contributed by atoms with van der Waals surface area (Å²) < 4.78 is 0. The molecule has 0 unspecified atom stereocenters. The number of rotatable bonds is 0. The maximum absolute atomic E-state index is 10.8. The van der Waals surface area contributed by atoms with E-state index in [0.717, 1.165) is 5.57 Å². The van der Waals surface area contributed by atoms with Crippen LogP contribution in [0.5, 0.6) is 0 Å². The highest BCUT2D eigenvalue weighted by Crippen LogP contribution is 2.13. The van der Waals surface area contributed by atoms with Crippen molar-refractivity contribution in [1.29, 1.82) is 0 Å². The second-order valence-corrected chi connectivity index (χ2v) is 2.53. The van der Waals surface area contributed by atoms with Crippen molar-refractivity contribution in [2.24, 2.45) is 0 Å². The Morgan fingerprint density at radius 3 is 2.20 bits per heavy atom. The van der Waals surface area contributed by atoms with Crippen molar-refractivity contribution >= 4 is 11.8 Å². The van der Waals surface area contributed by atoms with E-state index in [1.807, 2.05) is 13.8 Å². The second kappa shape index (κ2) is 2.25. The number of imide groups is 1. The van der Waals surface area contributed by atoms with Crippen molar-refractivity contribution in [3.8, 4) is 0 Å². The Morgan fingerprint density at radius 2 is 2.00 bits per heavy atom. The monoisotopic (exact) mass is 139 g/mol. The van der Waals surface area contributed by atoms with Crippen molar-refractivity contribution in [1.82, 2.24) is 5.32 Å². The van der Waals surface area contributed by atoms with Crippen molar-refractivity contribution in [3.63, 3.8) is 0 Å². The fourth-order valence-electron chi connectivity index (χ4n) is 0.891. The molecule has 0 bridgehead atoms. The number of nitrogens with one attached hydrogen (secondary N) is 1. The topological polar surface area (TPSA) is 46.2 Å². The number of hydrogen-bond acceptors (Lipinski definition) is 2. The third-order valence-corrected chi connectivity index (χ3v) is 1.47. The Labute approximate surface area is 59.1 Å². The van der Waals surface area contributed by atoms with Gasteiger partial charge in [0, 0.05) is 5.57 Å². The molecular formula is C7H9NO2. The molecule has 0 spiro atoms. The zero-order valence-electron chi connectivity index (χ0n) is 6.02. The zero-order chi connectivity index (χ0) is 7.72. The van der Waals surface area contributed by atoms with Crippen LogP contribution in [-0.2, 0) is 9.59 Å². The maximum Gasteiger partial charge on any atom is 0.254 e. The van der Waals surface area contributed by atoms with Gasteiger partial charge in [0.2, 0.25) is 5.91 Å². The third-order valence-electron chi connectivity index (χ3n) is 1.47. The minimum absolute atomic E-state index is 0.193. The van der Waals surface area contributed by atoms with Crippen LogP contribution in [0.15, 0.2) is 11.1 Å². The Kier molecular flexibility index (Phi) is 1.57. The van der Waals surface area contributed by atoms with Crippen molar-refractivity contribution in [2.45, 2.75) is 20.3 Å². The first kappa shape index (κ1) is 6.99. The van der Waals surface area contributed by atoms with Crippen LogP contribution in [0.1, 0.15) is 20.3 Å². The minimum Gasteiger partial charge on any atom is -0.292 e. The van der Waals surface area contributed by atoms with E-state index in [1.54, 1.807) is 0 Å². The van der Waals surface area contributed by atoms with Gasteiger partial charge in [-0.15, -0.1) is 0 Å². The lowest BCUT2D eigenvalue weighted by molar-refractivity contribution is -0.124. The van der Waals surface area contributed by atoms with Crippen LogP contribution >= 0.6 is 0 Å². The van der Waals surface area contributed by atoms with E-state index in [1.165, 1.54) is 0 Å². The molecule has 1 fully saturated rings. The SMILES string of the molecule is CC(C)=C1CC(=O)NC1=O. The molecule has 10 heavy (non-hydrogen) atoms. The number of allylic oxidation sites excluding steroid dienone is 1. The van der Waals surface area contributed by atoms with Gasteiger partial charge in [-0.05, 0) is 13.8 Å². The molecule has 1 aliphatic rings. The van der Waals surface area contributed by atoms with E-state index >= 15 is 0 Å². The summed E-state index contributed by atoms with van der Waals surface area (Å²) in [6, 6.07) is 0. The Morgan fingerprint density at radius 1 is 1.40 bits per heavy atom. The lowest BCUT2D eigenvalue weighted by atomic mass is 10.1. The standard InChI is InChI=1S/C7H9NO2/c1-4(2)5-3-6(9)8-7(5)10/h3H2,1-2H3,(H,8,9,10). The lowest BCUT2D eigenvalue weighted by Crippen LogP contribution is -2.19. The third kappa shape index (κ3) is 1.07. The molecular weight excluding hydrogens is 130 g/mol. The van der Waals surface area contributed by atoms with Crippen molar-refractivity contribution < 1.29 is 9.59 Å². The Hall–Kier alpha value is -1.12. The van der Waals surface area contributed by atoms with Crippen LogP contribution in [0.25, 0.3) is 0 Å². The van der Waals surface area contributed by atoms with E-state index in [2.05, 4.69) is 5.32 Å². The molecule has 1 N–H and O–H groups in total. The summed E-state index contributed by atoms with van der Waals surface area (Å²) in [5, 5.41) is 2.21. The van der Waals surface area contributed by atoms with E-state index in [4.69, 9.17) is 0 Å².